The molecule has 2 aromatic carbocycles. The van der Waals surface area contributed by atoms with E-state index in [1.54, 1.807) is 19.1 Å². The van der Waals surface area contributed by atoms with Crippen LogP contribution in [0.25, 0.3) is 0 Å². The largest absolute Gasteiger partial charge is 0.416 e. The Morgan fingerprint density at radius 2 is 1.77 bits per heavy atom. The Morgan fingerprint density at radius 3 is 2.35 bits per heavy atom. The number of carbonyl (C=O) groups is 1. The van der Waals surface area contributed by atoms with Crippen molar-refractivity contribution in [2.75, 3.05) is 24.1 Å². The molecule has 1 fully saturated rings. The molecule has 0 saturated carbocycles. The van der Waals surface area contributed by atoms with Gasteiger partial charge in [0.2, 0.25) is 10.0 Å². The lowest BCUT2D eigenvalue weighted by Crippen LogP contribution is -2.45. The molecule has 0 aromatic heterocycles. The Balaban J connectivity index is 1.75. The topological polar surface area (TPSA) is 86.7 Å². The molecule has 1 saturated heterocycles. The third-order valence-electron chi connectivity index (χ3n) is 5.38. The van der Waals surface area contributed by atoms with E-state index in [-0.39, 0.29) is 43.0 Å². The molecule has 0 bridgehead atoms. The number of sulfonamides is 1. The van der Waals surface area contributed by atoms with Crippen molar-refractivity contribution in [2.45, 2.75) is 31.5 Å². The van der Waals surface area contributed by atoms with E-state index in [9.17, 15) is 31.5 Å². The summed E-state index contributed by atoms with van der Waals surface area (Å²) in [7, 11) is -3.52. The van der Waals surface area contributed by atoms with Crippen molar-refractivity contribution in [3.8, 4) is 0 Å². The number of rotatable bonds is 4. The highest BCUT2D eigenvalue weighted by molar-refractivity contribution is 7.92. The number of aliphatic hydroxyl groups is 1. The highest BCUT2D eigenvalue weighted by Gasteiger charge is 2.38. The number of benzene rings is 2. The second-order valence-corrected chi connectivity index (χ2v) is 9.55. The maximum Gasteiger partial charge on any atom is 0.416 e. The molecule has 0 spiro atoms. The highest BCUT2D eigenvalue weighted by atomic mass is 32.2. The number of aryl methyl sites for hydroxylation is 1. The zero-order valence-electron chi connectivity index (χ0n) is 17.0. The number of hydrogen-bond acceptors (Lipinski definition) is 4. The van der Waals surface area contributed by atoms with Crippen LogP contribution in [0.3, 0.4) is 0 Å². The molecule has 168 valence electrons. The minimum atomic E-state index is -4.51. The molecular formula is C21H23F3N2O4S. The molecule has 0 unspecified atom stereocenters. The minimum absolute atomic E-state index is 0.0837. The van der Waals surface area contributed by atoms with Gasteiger partial charge in [0.25, 0.3) is 5.91 Å². The van der Waals surface area contributed by atoms with E-state index in [0.717, 1.165) is 18.4 Å². The van der Waals surface area contributed by atoms with Crippen LogP contribution in [-0.2, 0) is 21.8 Å². The van der Waals surface area contributed by atoms with Crippen LogP contribution in [0.2, 0.25) is 0 Å². The van der Waals surface area contributed by atoms with Gasteiger partial charge in [0, 0.05) is 18.7 Å². The van der Waals surface area contributed by atoms with Gasteiger partial charge in [0.15, 0.2) is 0 Å². The summed E-state index contributed by atoms with van der Waals surface area (Å²) in [5, 5.41) is 10.9. The summed E-state index contributed by atoms with van der Waals surface area (Å²) in [6, 6.07) is 9.27. The Hall–Kier alpha value is -2.59. The predicted octanol–water partition coefficient (Wildman–Crippen LogP) is 3.51. The van der Waals surface area contributed by atoms with Crippen LogP contribution in [-0.4, -0.2) is 43.7 Å². The Bertz CT molecular complexity index is 1090. The van der Waals surface area contributed by atoms with E-state index < -0.39 is 27.4 Å². The molecule has 0 aliphatic carbocycles. The van der Waals surface area contributed by atoms with Gasteiger partial charge in [-0.1, -0.05) is 18.2 Å². The van der Waals surface area contributed by atoms with E-state index >= 15 is 0 Å². The highest BCUT2D eigenvalue weighted by Crippen LogP contribution is 2.37. The normalized spacial score (nSPS) is 16.8. The summed E-state index contributed by atoms with van der Waals surface area (Å²) < 4.78 is 64.4. The maximum absolute atomic E-state index is 13.0. The van der Waals surface area contributed by atoms with Gasteiger partial charge in [-0.05, 0) is 55.2 Å². The number of nitrogens with one attached hydrogen (secondary N) is 1. The van der Waals surface area contributed by atoms with Crippen molar-refractivity contribution in [1.29, 1.82) is 0 Å². The quantitative estimate of drug-likeness (QED) is 0.737. The first-order valence-electron chi connectivity index (χ1n) is 9.56. The van der Waals surface area contributed by atoms with E-state index in [1.807, 2.05) is 0 Å². The monoisotopic (exact) mass is 456 g/mol. The van der Waals surface area contributed by atoms with Gasteiger partial charge >= 0.3 is 6.18 Å². The summed E-state index contributed by atoms with van der Waals surface area (Å²) in [5.74, 6) is -0.345. The van der Waals surface area contributed by atoms with Crippen LogP contribution in [0.15, 0.2) is 42.5 Å². The molecule has 3 rings (SSSR count). The Labute approximate surface area is 178 Å². The van der Waals surface area contributed by atoms with Crippen LogP contribution < -0.4 is 4.72 Å². The number of hydrogen-bond donors (Lipinski definition) is 2. The maximum atomic E-state index is 13.0. The molecule has 1 aliphatic rings. The third kappa shape index (κ3) is 5.37. The molecular weight excluding hydrogens is 433 g/mol. The zero-order valence-corrected chi connectivity index (χ0v) is 17.8. The standard InChI is InChI=1S/C21H23F3N2O4S/c1-14-6-7-15(12-18(14)25-31(2,29)30)19(27)26-10-8-20(28,9-11-26)16-4-3-5-17(13-16)21(22,23)24/h3-7,12-13,25,28H,8-11H2,1-2H3. The van der Waals surface area contributed by atoms with Gasteiger partial charge in [-0.15, -0.1) is 0 Å². The number of halogens is 3. The minimum Gasteiger partial charge on any atom is -0.385 e. The number of piperidine rings is 1. The number of nitrogens with zero attached hydrogens (tertiary/aromatic N) is 1. The summed E-state index contributed by atoms with van der Waals surface area (Å²) >= 11 is 0. The molecule has 10 heteroatoms. The lowest BCUT2D eigenvalue weighted by molar-refractivity contribution is -0.137. The molecule has 0 radical (unpaired) electrons. The van der Waals surface area contributed by atoms with Gasteiger partial charge in [-0.2, -0.15) is 13.2 Å². The molecule has 31 heavy (non-hydrogen) atoms. The van der Waals surface area contributed by atoms with Crippen LogP contribution in [0, 0.1) is 6.92 Å². The average Bonchev–Trinajstić information content (AvgIpc) is 2.68. The first-order valence-corrected chi connectivity index (χ1v) is 11.5. The smallest absolute Gasteiger partial charge is 0.385 e. The fraction of sp³-hybridized carbons (Fsp3) is 0.381. The molecule has 1 amide bonds. The van der Waals surface area contributed by atoms with Gasteiger partial charge in [0.05, 0.1) is 23.1 Å². The molecule has 2 N–H and O–H groups in total. The number of likely N-dealkylation sites (tertiary alicyclic amines) is 1. The van der Waals surface area contributed by atoms with Gasteiger partial charge in [0.1, 0.15) is 0 Å². The fourth-order valence-corrected chi connectivity index (χ4v) is 4.22. The molecule has 1 aliphatic heterocycles. The first kappa shape index (κ1) is 23.1. The van der Waals surface area contributed by atoms with Crippen LogP contribution in [0.4, 0.5) is 18.9 Å². The second-order valence-electron chi connectivity index (χ2n) is 7.81. The van der Waals surface area contributed by atoms with Gasteiger partial charge in [-0.3, -0.25) is 9.52 Å². The Kier molecular flexibility index (Phi) is 6.07. The lowest BCUT2D eigenvalue weighted by Gasteiger charge is -2.38. The van der Waals surface area contributed by atoms with Crippen molar-refractivity contribution in [3.05, 3.63) is 64.7 Å². The number of amides is 1. The van der Waals surface area contributed by atoms with Crippen molar-refractivity contribution < 1.29 is 31.5 Å². The number of alkyl halides is 3. The van der Waals surface area contributed by atoms with E-state index in [1.165, 1.54) is 23.1 Å². The van der Waals surface area contributed by atoms with Crippen molar-refractivity contribution in [1.82, 2.24) is 4.90 Å². The molecule has 1 heterocycles. The van der Waals surface area contributed by atoms with Crippen LogP contribution in [0.1, 0.15) is 39.9 Å². The SMILES string of the molecule is Cc1ccc(C(=O)N2CCC(O)(c3cccc(C(F)(F)F)c3)CC2)cc1NS(C)(=O)=O. The van der Waals surface area contributed by atoms with Crippen molar-refractivity contribution in [2.24, 2.45) is 0 Å². The number of anilines is 1. The fourth-order valence-electron chi connectivity index (χ4n) is 3.60. The zero-order chi connectivity index (χ0) is 23.0. The predicted molar refractivity (Wildman–Crippen MR) is 110 cm³/mol. The summed E-state index contributed by atoms with van der Waals surface area (Å²) in [6.45, 7) is 2.00. The van der Waals surface area contributed by atoms with Crippen molar-refractivity contribution in [3.63, 3.8) is 0 Å². The van der Waals surface area contributed by atoms with E-state index in [0.29, 0.717) is 11.3 Å². The van der Waals surface area contributed by atoms with Gasteiger partial charge in [-0.25, -0.2) is 8.42 Å². The average molecular weight is 456 g/mol. The summed E-state index contributed by atoms with van der Waals surface area (Å²) in [4.78, 5) is 14.4. The second kappa shape index (κ2) is 8.16. The molecule has 0 atom stereocenters. The van der Waals surface area contributed by atoms with Crippen LogP contribution in [0.5, 0.6) is 0 Å². The molecule has 6 nitrogen and oxygen atoms in total. The molecule has 2 aromatic rings. The lowest BCUT2D eigenvalue weighted by atomic mass is 9.83. The van der Waals surface area contributed by atoms with Crippen LogP contribution >= 0.6 is 0 Å². The van der Waals surface area contributed by atoms with Gasteiger partial charge < -0.3 is 10.0 Å². The third-order valence-corrected chi connectivity index (χ3v) is 5.98. The summed E-state index contributed by atoms with van der Waals surface area (Å²) in [6.07, 6.45) is -3.33. The summed E-state index contributed by atoms with van der Waals surface area (Å²) in [5.41, 5.74) is -0.896. The Morgan fingerprint density at radius 1 is 1.13 bits per heavy atom. The van der Waals surface area contributed by atoms with E-state index in [4.69, 9.17) is 0 Å². The van der Waals surface area contributed by atoms with Crippen molar-refractivity contribution >= 4 is 21.6 Å². The van der Waals surface area contributed by atoms with E-state index in [2.05, 4.69) is 4.72 Å². The first-order chi connectivity index (χ1) is 14.3. The number of carbonyl (C=O) groups excluding carboxylic acids is 1.